The molecule has 17 heavy (non-hydrogen) atoms. The van der Waals surface area contributed by atoms with Crippen molar-refractivity contribution in [2.75, 3.05) is 13.6 Å². The van der Waals surface area contributed by atoms with Crippen LogP contribution in [-0.2, 0) is 6.54 Å². The van der Waals surface area contributed by atoms with E-state index in [9.17, 15) is 4.79 Å². The fraction of sp³-hybridized carbons (Fsp3) is 0.538. The van der Waals surface area contributed by atoms with Gasteiger partial charge in [-0.1, -0.05) is 20.8 Å². The third-order valence-electron chi connectivity index (χ3n) is 2.33. The number of carbonyl (C=O) groups excluding carboxylic acids is 1. The second kappa shape index (κ2) is 5.27. The molecule has 0 saturated heterocycles. The molecule has 0 saturated carbocycles. The first-order valence-corrected chi connectivity index (χ1v) is 5.74. The van der Waals surface area contributed by atoms with Crippen LogP contribution in [-0.4, -0.2) is 29.4 Å². The van der Waals surface area contributed by atoms with Crippen molar-refractivity contribution in [2.45, 2.75) is 27.3 Å². The van der Waals surface area contributed by atoms with E-state index in [0.29, 0.717) is 18.7 Å². The number of nitrogens with two attached hydrogens (primary N) is 1. The van der Waals surface area contributed by atoms with Gasteiger partial charge in [0.2, 0.25) is 0 Å². The van der Waals surface area contributed by atoms with Crippen molar-refractivity contribution >= 4 is 5.91 Å². The van der Waals surface area contributed by atoms with Crippen LogP contribution in [0.3, 0.4) is 0 Å². The zero-order valence-corrected chi connectivity index (χ0v) is 11.0. The van der Waals surface area contributed by atoms with Crippen LogP contribution in [0.4, 0.5) is 0 Å². The average molecular weight is 235 g/mol. The molecule has 0 aliphatic rings. The molecule has 0 radical (unpaired) electrons. The molecule has 1 rings (SSSR count). The molecule has 0 unspecified atom stereocenters. The molecule has 0 aliphatic heterocycles. The largest absolute Gasteiger partial charge is 0.341 e. The lowest BCUT2D eigenvalue weighted by atomic mass is 9.96. The van der Waals surface area contributed by atoms with Gasteiger partial charge in [0.05, 0.1) is 5.69 Å². The van der Waals surface area contributed by atoms with Crippen LogP contribution in [0.5, 0.6) is 0 Å². The summed E-state index contributed by atoms with van der Waals surface area (Å²) in [5, 5.41) is 0. The second-order valence-corrected chi connectivity index (χ2v) is 5.46. The summed E-state index contributed by atoms with van der Waals surface area (Å²) in [6, 6.07) is 3.47. The van der Waals surface area contributed by atoms with E-state index in [4.69, 9.17) is 5.73 Å². The van der Waals surface area contributed by atoms with Crippen molar-refractivity contribution in [1.82, 2.24) is 9.88 Å². The Morgan fingerprint density at radius 3 is 2.65 bits per heavy atom. The van der Waals surface area contributed by atoms with Gasteiger partial charge in [-0.2, -0.15) is 0 Å². The summed E-state index contributed by atoms with van der Waals surface area (Å²) < 4.78 is 0. The summed E-state index contributed by atoms with van der Waals surface area (Å²) >= 11 is 0. The SMILES string of the molecule is CN(CC(C)(C)C)C(=O)c1ccnc(CN)c1. The third kappa shape index (κ3) is 4.15. The Balaban J connectivity index is 2.81. The van der Waals surface area contributed by atoms with E-state index in [1.165, 1.54) is 0 Å². The van der Waals surface area contributed by atoms with E-state index in [0.717, 1.165) is 5.69 Å². The molecule has 1 heterocycles. The van der Waals surface area contributed by atoms with Crippen LogP contribution in [0.15, 0.2) is 18.3 Å². The molecule has 4 heteroatoms. The maximum Gasteiger partial charge on any atom is 0.253 e. The quantitative estimate of drug-likeness (QED) is 0.866. The highest BCUT2D eigenvalue weighted by atomic mass is 16.2. The second-order valence-electron chi connectivity index (χ2n) is 5.46. The van der Waals surface area contributed by atoms with Crippen molar-refractivity contribution in [1.29, 1.82) is 0 Å². The molecule has 0 fully saturated rings. The summed E-state index contributed by atoms with van der Waals surface area (Å²) in [6.45, 7) is 7.38. The molecule has 1 aromatic rings. The Hall–Kier alpha value is -1.42. The molecule has 1 amide bonds. The number of pyridine rings is 1. The zero-order chi connectivity index (χ0) is 13.1. The summed E-state index contributed by atoms with van der Waals surface area (Å²) in [4.78, 5) is 18.0. The van der Waals surface area contributed by atoms with E-state index in [2.05, 4.69) is 25.8 Å². The number of carbonyl (C=O) groups is 1. The van der Waals surface area contributed by atoms with E-state index in [1.54, 1.807) is 23.2 Å². The topological polar surface area (TPSA) is 59.2 Å². The van der Waals surface area contributed by atoms with Gasteiger partial charge in [-0.15, -0.1) is 0 Å². The minimum absolute atomic E-state index is 0.0111. The molecule has 94 valence electrons. The molecule has 2 N–H and O–H groups in total. The fourth-order valence-electron chi connectivity index (χ4n) is 1.73. The van der Waals surface area contributed by atoms with Gasteiger partial charge < -0.3 is 10.6 Å². The first-order chi connectivity index (χ1) is 7.83. The number of amides is 1. The van der Waals surface area contributed by atoms with Crippen LogP contribution in [0, 0.1) is 5.41 Å². The highest BCUT2D eigenvalue weighted by Gasteiger charge is 2.18. The van der Waals surface area contributed by atoms with Gasteiger partial charge >= 0.3 is 0 Å². The van der Waals surface area contributed by atoms with E-state index < -0.39 is 0 Å². The predicted octanol–water partition coefficient (Wildman–Crippen LogP) is 1.66. The number of aromatic nitrogens is 1. The Morgan fingerprint density at radius 2 is 2.12 bits per heavy atom. The van der Waals surface area contributed by atoms with Gasteiger partial charge in [0.15, 0.2) is 0 Å². The monoisotopic (exact) mass is 235 g/mol. The first-order valence-electron chi connectivity index (χ1n) is 5.74. The Bertz CT molecular complexity index is 396. The van der Waals surface area contributed by atoms with Gasteiger partial charge in [-0.05, 0) is 17.5 Å². The van der Waals surface area contributed by atoms with Crippen molar-refractivity contribution in [2.24, 2.45) is 11.1 Å². The molecule has 0 atom stereocenters. The van der Waals surface area contributed by atoms with Crippen LogP contribution >= 0.6 is 0 Å². The molecule has 0 spiro atoms. The minimum Gasteiger partial charge on any atom is -0.341 e. The Morgan fingerprint density at radius 1 is 1.47 bits per heavy atom. The number of nitrogens with zero attached hydrogens (tertiary/aromatic N) is 2. The lowest BCUT2D eigenvalue weighted by molar-refractivity contribution is 0.0745. The molecular weight excluding hydrogens is 214 g/mol. The van der Waals surface area contributed by atoms with Gasteiger partial charge in [-0.25, -0.2) is 0 Å². The van der Waals surface area contributed by atoms with E-state index in [-0.39, 0.29) is 11.3 Å². The third-order valence-corrected chi connectivity index (χ3v) is 2.33. The summed E-state index contributed by atoms with van der Waals surface area (Å²) in [5.74, 6) is 0.0111. The molecule has 0 bridgehead atoms. The lowest BCUT2D eigenvalue weighted by Gasteiger charge is -2.26. The van der Waals surface area contributed by atoms with Crippen LogP contribution in [0.2, 0.25) is 0 Å². The van der Waals surface area contributed by atoms with E-state index >= 15 is 0 Å². The summed E-state index contributed by atoms with van der Waals surface area (Å²) in [7, 11) is 1.82. The number of rotatable bonds is 3. The van der Waals surface area contributed by atoms with Crippen molar-refractivity contribution in [3.05, 3.63) is 29.6 Å². The van der Waals surface area contributed by atoms with Gasteiger partial charge in [-0.3, -0.25) is 9.78 Å². The lowest BCUT2D eigenvalue weighted by Crippen LogP contribution is -2.34. The normalized spacial score (nSPS) is 11.4. The van der Waals surface area contributed by atoms with Crippen LogP contribution < -0.4 is 5.73 Å². The van der Waals surface area contributed by atoms with Crippen LogP contribution in [0.25, 0.3) is 0 Å². The Labute approximate surface area is 103 Å². The Kier molecular flexibility index (Phi) is 4.23. The van der Waals surface area contributed by atoms with Gasteiger partial charge in [0.1, 0.15) is 0 Å². The maximum absolute atomic E-state index is 12.1. The van der Waals surface area contributed by atoms with E-state index in [1.807, 2.05) is 7.05 Å². The molecule has 4 nitrogen and oxygen atoms in total. The maximum atomic E-state index is 12.1. The first kappa shape index (κ1) is 13.6. The highest BCUT2D eigenvalue weighted by molar-refractivity contribution is 5.94. The molecule has 0 aliphatic carbocycles. The molecular formula is C13H21N3O. The van der Waals surface area contributed by atoms with Gasteiger partial charge in [0.25, 0.3) is 5.91 Å². The summed E-state index contributed by atoms with van der Waals surface area (Å²) in [6.07, 6.45) is 1.63. The minimum atomic E-state index is 0.0111. The molecule has 1 aromatic heterocycles. The predicted molar refractivity (Wildman–Crippen MR) is 68.5 cm³/mol. The smallest absolute Gasteiger partial charge is 0.253 e. The zero-order valence-electron chi connectivity index (χ0n) is 11.0. The fourth-order valence-corrected chi connectivity index (χ4v) is 1.73. The number of hydrogen-bond donors (Lipinski definition) is 1. The van der Waals surface area contributed by atoms with Crippen molar-refractivity contribution in [3.8, 4) is 0 Å². The number of hydrogen-bond acceptors (Lipinski definition) is 3. The van der Waals surface area contributed by atoms with Crippen molar-refractivity contribution in [3.63, 3.8) is 0 Å². The van der Waals surface area contributed by atoms with Crippen molar-refractivity contribution < 1.29 is 4.79 Å². The van der Waals surface area contributed by atoms with Crippen LogP contribution in [0.1, 0.15) is 36.8 Å². The molecule has 0 aromatic carbocycles. The summed E-state index contributed by atoms with van der Waals surface area (Å²) in [5.41, 5.74) is 6.98. The average Bonchev–Trinajstić information content (AvgIpc) is 2.26. The highest BCUT2D eigenvalue weighted by Crippen LogP contribution is 2.16. The van der Waals surface area contributed by atoms with Gasteiger partial charge in [0, 0.05) is 31.9 Å². The standard InChI is InChI=1S/C13H21N3O/c1-13(2,3)9-16(4)12(17)10-5-6-15-11(7-10)8-14/h5-7H,8-9,14H2,1-4H3.